The van der Waals surface area contributed by atoms with E-state index in [0.717, 1.165) is 0 Å². The summed E-state index contributed by atoms with van der Waals surface area (Å²) in [5.74, 6) is -0.831. The minimum atomic E-state index is -0.489. The van der Waals surface area contributed by atoms with Crippen molar-refractivity contribution in [3.05, 3.63) is 59.0 Å². The third-order valence-corrected chi connectivity index (χ3v) is 4.00. The van der Waals surface area contributed by atoms with Crippen LogP contribution in [0.1, 0.15) is 22.1 Å². The van der Waals surface area contributed by atoms with Gasteiger partial charge < -0.3 is 10.1 Å². The van der Waals surface area contributed by atoms with Crippen LogP contribution in [0.15, 0.2) is 42.6 Å². The normalized spacial score (nSPS) is 10.7. The molecule has 0 aliphatic carbocycles. The molecule has 0 bridgehead atoms. The van der Waals surface area contributed by atoms with Gasteiger partial charge in [0, 0.05) is 23.5 Å². The molecule has 0 spiro atoms. The van der Waals surface area contributed by atoms with Gasteiger partial charge in [-0.3, -0.25) is 14.2 Å². The number of rotatable bonds is 3. The Balaban J connectivity index is 2.06. The number of benzene rings is 2. The monoisotopic (exact) mass is 360 g/mol. The zero-order chi connectivity index (χ0) is 18.1. The second-order valence-electron chi connectivity index (χ2n) is 5.39. The van der Waals surface area contributed by atoms with E-state index in [1.54, 1.807) is 18.2 Å². The van der Waals surface area contributed by atoms with Crippen molar-refractivity contribution in [3.63, 3.8) is 0 Å². The molecule has 0 fully saturated rings. The molecule has 0 unspecified atom stereocenters. The molecular weight excluding hydrogens is 347 g/mol. The van der Waals surface area contributed by atoms with Gasteiger partial charge in [-0.05, 0) is 36.4 Å². The van der Waals surface area contributed by atoms with Crippen molar-refractivity contribution in [1.82, 2.24) is 4.57 Å². The first kappa shape index (κ1) is 17.0. The van der Waals surface area contributed by atoms with Crippen molar-refractivity contribution in [3.8, 4) is 5.75 Å². The van der Waals surface area contributed by atoms with Gasteiger partial charge in [0.25, 0.3) is 5.91 Å². The summed E-state index contributed by atoms with van der Waals surface area (Å²) in [5.41, 5.74) is 0.966. The highest BCUT2D eigenvalue weighted by atomic mass is 35.5. The van der Waals surface area contributed by atoms with Crippen molar-refractivity contribution in [2.75, 3.05) is 12.4 Å². The molecule has 1 N–H and O–H groups in total. The number of carbonyl (C=O) groups excluding carboxylic acids is 2. The van der Waals surface area contributed by atoms with E-state index >= 15 is 0 Å². The number of anilines is 1. The standard InChI is InChI=1S/C18H14ClFN2O3/c1-10(23)22-9-14(13-5-4-12(20)8-16(13)22)18(24)21-15-7-11(19)3-6-17(15)25-2/h3-9H,1-2H3,(H,21,24). The van der Waals surface area contributed by atoms with Gasteiger partial charge in [-0.25, -0.2) is 4.39 Å². The van der Waals surface area contributed by atoms with Gasteiger partial charge in [0.15, 0.2) is 0 Å². The van der Waals surface area contributed by atoms with Crippen LogP contribution < -0.4 is 10.1 Å². The fourth-order valence-electron chi connectivity index (χ4n) is 2.61. The van der Waals surface area contributed by atoms with Crippen molar-refractivity contribution < 1.29 is 18.7 Å². The van der Waals surface area contributed by atoms with E-state index in [2.05, 4.69) is 5.32 Å². The quantitative estimate of drug-likeness (QED) is 0.755. The van der Waals surface area contributed by atoms with Crippen LogP contribution >= 0.6 is 11.6 Å². The molecule has 0 saturated heterocycles. The number of hydrogen-bond acceptors (Lipinski definition) is 3. The van der Waals surface area contributed by atoms with Crippen molar-refractivity contribution >= 4 is 40.0 Å². The van der Waals surface area contributed by atoms with Gasteiger partial charge in [-0.2, -0.15) is 0 Å². The molecule has 25 heavy (non-hydrogen) atoms. The van der Waals surface area contributed by atoms with Crippen LogP contribution in [0.3, 0.4) is 0 Å². The minimum absolute atomic E-state index is 0.243. The molecule has 1 heterocycles. The maximum absolute atomic E-state index is 13.5. The third kappa shape index (κ3) is 3.21. The first-order valence-electron chi connectivity index (χ1n) is 7.37. The molecule has 5 nitrogen and oxygen atoms in total. The number of nitrogens with one attached hydrogen (secondary N) is 1. The van der Waals surface area contributed by atoms with E-state index in [1.807, 2.05) is 0 Å². The molecular formula is C18H14ClFN2O3. The van der Waals surface area contributed by atoms with Gasteiger partial charge in [-0.15, -0.1) is 0 Å². The van der Waals surface area contributed by atoms with Crippen LogP contribution in [0.2, 0.25) is 5.02 Å². The summed E-state index contributed by atoms with van der Waals surface area (Å²) in [6.07, 6.45) is 1.39. The fraction of sp³-hybridized carbons (Fsp3) is 0.111. The highest BCUT2D eigenvalue weighted by Gasteiger charge is 2.18. The van der Waals surface area contributed by atoms with Gasteiger partial charge in [-0.1, -0.05) is 11.6 Å². The van der Waals surface area contributed by atoms with E-state index in [4.69, 9.17) is 16.3 Å². The summed E-state index contributed by atoms with van der Waals surface area (Å²) in [4.78, 5) is 24.5. The zero-order valence-electron chi connectivity index (χ0n) is 13.5. The highest BCUT2D eigenvalue weighted by Crippen LogP contribution is 2.29. The summed E-state index contributed by atoms with van der Waals surface area (Å²) < 4.78 is 20.0. The second-order valence-corrected chi connectivity index (χ2v) is 5.83. The number of fused-ring (bicyclic) bond motifs is 1. The summed E-state index contributed by atoms with van der Waals surface area (Å²) in [6, 6.07) is 8.75. The summed E-state index contributed by atoms with van der Waals surface area (Å²) in [7, 11) is 1.48. The van der Waals surface area contributed by atoms with Crippen LogP contribution in [-0.4, -0.2) is 23.5 Å². The first-order chi connectivity index (χ1) is 11.9. The van der Waals surface area contributed by atoms with Crippen LogP contribution in [0.25, 0.3) is 10.9 Å². The first-order valence-corrected chi connectivity index (χ1v) is 7.75. The lowest BCUT2D eigenvalue weighted by Gasteiger charge is -2.10. The molecule has 0 atom stereocenters. The number of ether oxygens (including phenoxy) is 1. The molecule has 0 radical (unpaired) electrons. The predicted octanol–water partition coefficient (Wildman–Crippen LogP) is 4.35. The summed E-state index contributed by atoms with van der Waals surface area (Å²) in [5, 5.41) is 3.61. The summed E-state index contributed by atoms with van der Waals surface area (Å²) in [6.45, 7) is 1.34. The number of amides is 1. The number of methoxy groups -OCH3 is 1. The molecule has 7 heteroatoms. The fourth-order valence-corrected chi connectivity index (χ4v) is 2.78. The average molecular weight is 361 g/mol. The number of carbonyl (C=O) groups is 2. The van der Waals surface area contributed by atoms with Crippen LogP contribution in [-0.2, 0) is 0 Å². The zero-order valence-corrected chi connectivity index (χ0v) is 14.2. The van der Waals surface area contributed by atoms with Crippen LogP contribution in [0.4, 0.5) is 10.1 Å². The Kier molecular flexibility index (Phi) is 4.46. The van der Waals surface area contributed by atoms with Crippen LogP contribution in [0.5, 0.6) is 5.75 Å². The Morgan fingerprint density at radius 3 is 2.64 bits per heavy atom. The number of halogens is 2. The van der Waals surface area contributed by atoms with Crippen molar-refractivity contribution in [2.45, 2.75) is 6.92 Å². The third-order valence-electron chi connectivity index (χ3n) is 3.76. The Bertz CT molecular complexity index is 997. The Morgan fingerprint density at radius 2 is 1.96 bits per heavy atom. The molecule has 0 saturated carbocycles. The summed E-state index contributed by atoms with van der Waals surface area (Å²) >= 11 is 5.96. The average Bonchev–Trinajstić information content (AvgIpc) is 2.94. The molecule has 3 aromatic rings. The second kappa shape index (κ2) is 6.57. The topological polar surface area (TPSA) is 60.3 Å². The van der Waals surface area contributed by atoms with Crippen molar-refractivity contribution in [2.24, 2.45) is 0 Å². The van der Waals surface area contributed by atoms with E-state index < -0.39 is 11.7 Å². The number of nitrogens with zero attached hydrogens (tertiary/aromatic N) is 1. The van der Waals surface area contributed by atoms with Crippen LogP contribution in [0, 0.1) is 5.82 Å². The molecule has 1 aromatic heterocycles. The molecule has 1 amide bonds. The van der Waals surface area contributed by atoms with E-state index in [0.29, 0.717) is 27.4 Å². The largest absolute Gasteiger partial charge is 0.495 e. The molecule has 0 aliphatic heterocycles. The lowest BCUT2D eigenvalue weighted by Crippen LogP contribution is -2.12. The Labute approximate surface area is 148 Å². The number of aromatic nitrogens is 1. The van der Waals surface area contributed by atoms with E-state index in [9.17, 15) is 14.0 Å². The SMILES string of the molecule is COc1ccc(Cl)cc1NC(=O)c1cn(C(C)=O)c2cc(F)ccc12. The molecule has 0 aliphatic rings. The van der Waals surface area contributed by atoms with Gasteiger partial charge in [0.1, 0.15) is 11.6 Å². The van der Waals surface area contributed by atoms with Crippen molar-refractivity contribution in [1.29, 1.82) is 0 Å². The Hall–Kier alpha value is -2.86. The lowest BCUT2D eigenvalue weighted by atomic mass is 10.1. The highest BCUT2D eigenvalue weighted by molar-refractivity contribution is 6.31. The maximum Gasteiger partial charge on any atom is 0.257 e. The minimum Gasteiger partial charge on any atom is -0.495 e. The van der Waals surface area contributed by atoms with Gasteiger partial charge >= 0.3 is 0 Å². The molecule has 128 valence electrons. The molecule has 3 rings (SSSR count). The lowest BCUT2D eigenvalue weighted by molar-refractivity contribution is 0.0941. The Morgan fingerprint density at radius 1 is 1.20 bits per heavy atom. The van der Waals surface area contributed by atoms with E-state index in [-0.39, 0.29) is 11.5 Å². The predicted molar refractivity (Wildman–Crippen MR) is 94.2 cm³/mol. The number of hydrogen-bond donors (Lipinski definition) is 1. The van der Waals surface area contributed by atoms with Gasteiger partial charge in [0.2, 0.25) is 5.91 Å². The maximum atomic E-state index is 13.5. The molecule has 2 aromatic carbocycles. The van der Waals surface area contributed by atoms with Gasteiger partial charge in [0.05, 0.1) is 23.9 Å². The van der Waals surface area contributed by atoms with E-state index in [1.165, 1.54) is 43.0 Å². The smallest absolute Gasteiger partial charge is 0.257 e.